The summed E-state index contributed by atoms with van der Waals surface area (Å²) in [4.78, 5) is 6.97. The predicted octanol–water partition coefficient (Wildman–Crippen LogP) is 2.76. The Morgan fingerprint density at radius 3 is 2.35 bits per heavy atom. The molecule has 6 heteroatoms. The lowest BCUT2D eigenvalue weighted by atomic mass is 9.80. The van der Waals surface area contributed by atoms with Crippen molar-refractivity contribution in [3.63, 3.8) is 0 Å². The molecule has 0 spiro atoms. The lowest BCUT2D eigenvalue weighted by molar-refractivity contribution is -0.0773. The molecule has 2 aliphatic rings. The third-order valence-corrected chi connectivity index (χ3v) is 4.40. The number of aliphatic hydroxyl groups is 1. The number of hydrogen-bond acceptors (Lipinski definition) is 3. The van der Waals surface area contributed by atoms with Gasteiger partial charge in [0.1, 0.15) is 0 Å². The zero-order valence-electron chi connectivity index (χ0n) is 15.1. The summed E-state index contributed by atoms with van der Waals surface area (Å²) in [7, 11) is 0. The molecule has 23 heavy (non-hydrogen) atoms. The largest absolute Gasteiger partial charge is 0.388 e. The highest BCUT2D eigenvalue weighted by Gasteiger charge is 2.34. The van der Waals surface area contributed by atoms with Gasteiger partial charge in [0.15, 0.2) is 5.96 Å². The molecule has 0 atom stereocenters. The van der Waals surface area contributed by atoms with Crippen LogP contribution < -0.4 is 5.32 Å². The van der Waals surface area contributed by atoms with Crippen molar-refractivity contribution in [3.05, 3.63) is 0 Å². The van der Waals surface area contributed by atoms with Gasteiger partial charge in [0.25, 0.3) is 0 Å². The van der Waals surface area contributed by atoms with Gasteiger partial charge in [-0.2, -0.15) is 0 Å². The van der Waals surface area contributed by atoms with E-state index >= 15 is 0 Å². The third-order valence-electron chi connectivity index (χ3n) is 4.40. The van der Waals surface area contributed by atoms with E-state index in [1.54, 1.807) is 0 Å². The fraction of sp³-hybridized carbons (Fsp3) is 0.941. The Bertz CT molecular complexity index is 384. The minimum absolute atomic E-state index is 0. The number of guanidine groups is 1. The minimum Gasteiger partial charge on any atom is -0.388 e. The van der Waals surface area contributed by atoms with Gasteiger partial charge in [-0.1, -0.05) is 0 Å². The van der Waals surface area contributed by atoms with E-state index in [4.69, 9.17) is 4.74 Å². The van der Waals surface area contributed by atoms with Crippen LogP contribution in [0.25, 0.3) is 0 Å². The van der Waals surface area contributed by atoms with Crippen molar-refractivity contribution >= 4 is 29.9 Å². The summed E-state index contributed by atoms with van der Waals surface area (Å²) >= 11 is 0. The fourth-order valence-corrected chi connectivity index (χ4v) is 3.08. The fourth-order valence-electron chi connectivity index (χ4n) is 3.08. The van der Waals surface area contributed by atoms with E-state index in [1.165, 1.54) is 0 Å². The molecule has 0 unspecified atom stereocenters. The van der Waals surface area contributed by atoms with Crippen LogP contribution in [0.5, 0.6) is 0 Å². The Hall–Kier alpha value is -0.0800. The molecule has 1 aliphatic carbocycles. The van der Waals surface area contributed by atoms with E-state index < -0.39 is 5.60 Å². The van der Waals surface area contributed by atoms with Gasteiger partial charge < -0.3 is 20.1 Å². The van der Waals surface area contributed by atoms with Crippen molar-refractivity contribution in [2.45, 2.75) is 77.1 Å². The average molecular weight is 439 g/mol. The zero-order chi connectivity index (χ0) is 16.2. The summed E-state index contributed by atoms with van der Waals surface area (Å²) in [6.07, 6.45) is 5.31. The van der Waals surface area contributed by atoms with Gasteiger partial charge in [0.2, 0.25) is 0 Å². The zero-order valence-corrected chi connectivity index (χ0v) is 17.4. The first kappa shape index (κ1) is 21.0. The normalized spacial score (nSPS) is 22.3. The summed E-state index contributed by atoms with van der Waals surface area (Å²) in [5.41, 5.74) is -0.618. The molecule has 1 saturated carbocycles. The smallest absolute Gasteiger partial charge is 0.194 e. The first-order chi connectivity index (χ1) is 10.3. The predicted molar refractivity (Wildman–Crippen MR) is 106 cm³/mol. The molecular weight excluding hydrogens is 405 g/mol. The molecule has 136 valence electrons. The second-order valence-electron chi connectivity index (χ2n) is 7.66. The summed E-state index contributed by atoms with van der Waals surface area (Å²) in [6.45, 7) is 11.7. The molecule has 0 bridgehead atoms. The standard InChI is InChI=1S/C17H33N3O2.HI/c1-5-18-15(19-13-17(21)9-6-10-17)20-11-7-14(8-12-20)22-16(2,3)4;/h14,21H,5-13H2,1-4H3,(H,18,19);1H. The summed E-state index contributed by atoms with van der Waals surface area (Å²) < 4.78 is 6.08. The molecule has 0 radical (unpaired) electrons. The van der Waals surface area contributed by atoms with Crippen molar-refractivity contribution in [1.82, 2.24) is 10.2 Å². The minimum atomic E-state index is -0.547. The molecular formula is C17H34IN3O2. The number of piperidine rings is 1. The van der Waals surface area contributed by atoms with Crippen LogP contribution in [0, 0.1) is 0 Å². The molecule has 2 fully saturated rings. The SMILES string of the molecule is CCNC(=NCC1(O)CCC1)N1CCC(OC(C)(C)C)CC1.I. The monoisotopic (exact) mass is 439 g/mol. The van der Waals surface area contributed by atoms with Crippen LogP contribution in [0.3, 0.4) is 0 Å². The van der Waals surface area contributed by atoms with E-state index in [0.29, 0.717) is 12.6 Å². The molecule has 0 amide bonds. The first-order valence-electron chi connectivity index (χ1n) is 8.75. The molecule has 0 aromatic carbocycles. The Morgan fingerprint density at radius 1 is 1.30 bits per heavy atom. The van der Waals surface area contributed by atoms with Crippen LogP contribution in [0.2, 0.25) is 0 Å². The van der Waals surface area contributed by atoms with E-state index in [9.17, 15) is 5.11 Å². The maximum atomic E-state index is 10.2. The number of nitrogens with one attached hydrogen (secondary N) is 1. The van der Waals surface area contributed by atoms with Crippen LogP contribution in [-0.2, 0) is 4.74 Å². The lowest BCUT2D eigenvalue weighted by Crippen LogP contribution is -2.49. The maximum absolute atomic E-state index is 10.2. The number of likely N-dealkylation sites (tertiary alicyclic amines) is 1. The van der Waals surface area contributed by atoms with Crippen LogP contribution in [0.1, 0.15) is 59.8 Å². The molecule has 2 N–H and O–H groups in total. The van der Waals surface area contributed by atoms with Crippen LogP contribution in [0.4, 0.5) is 0 Å². The van der Waals surface area contributed by atoms with E-state index in [2.05, 4.69) is 42.9 Å². The summed E-state index contributed by atoms with van der Waals surface area (Å²) in [6, 6.07) is 0. The average Bonchev–Trinajstić information content (AvgIpc) is 2.41. The Labute approximate surface area is 158 Å². The van der Waals surface area contributed by atoms with Crippen LogP contribution in [0.15, 0.2) is 4.99 Å². The van der Waals surface area contributed by atoms with E-state index in [1.807, 2.05) is 0 Å². The van der Waals surface area contributed by atoms with Crippen molar-refractivity contribution < 1.29 is 9.84 Å². The number of halogens is 1. The highest BCUT2D eigenvalue weighted by Crippen LogP contribution is 2.31. The van der Waals surface area contributed by atoms with Crippen molar-refractivity contribution in [1.29, 1.82) is 0 Å². The van der Waals surface area contributed by atoms with E-state index in [0.717, 1.165) is 57.7 Å². The molecule has 1 saturated heterocycles. The topological polar surface area (TPSA) is 57.1 Å². The van der Waals surface area contributed by atoms with Gasteiger partial charge in [-0.15, -0.1) is 24.0 Å². The van der Waals surface area contributed by atoms with E-state index in [-0.39, 0.29) is 29.6 Å². The highest BCUT2D eigenvalue weighted by molar-refractivity contribution is 14.0. The van der Waals surface area contributed by atoms with Gasteiger partial charge in [-0.3, -0.25) is 4.99 Å². The Morgan fingerprint density at radius 2 is 1.91 bits per heavy atom. The second kappa shape index (κ2) is 8.85. The second-order valence-corrected chi connectivity index (χ2v) is 7.66. The molecule has 0 aromatic rings. The van der Waals surface area contributed by atoms with Crippen molar-refractivity contribution in [2.24, 2.45) is 4.99 Å². The number of aliphatic imine (C=N–C) groups is 1. The number of nitrogens with zero attached hydrogens (tertiary/aromatic N) is 2. The van der Waals surface area contributed by atoms with Crippen molar-refractivity contribution in [3.8, 4) is 0 Å². The lowest BCUT2D eigenvalue weighted by Gasteiger charge is -2.38. The first-order valence-corrected chi connectivity index (χ1v) is 8.75. The molecule has 1 aliphatic heterocycles. The number of ether oxygens (including phenoxy) is 1. The molecule has 1 heterocycles. The van der Waals surface area contributed by atoms with Crippen LogP contribution >= 0.6 is 24.0 Å². The number of hydrogen-bond donors (Lipinski definition) is 2. The third kappa shape index (κ3) is 6.74. The summed E-state index contributed by atoms with van der Waals surface area (Å²) in [5.74, 6) is 0.942. The Balaban J connectivity index is 0.00000264. The van der Waals surface area contributed by atoms with Gasteiger partial charge in [-0.25, -0.2) is 0 Å². The Kier molecular flexibility index (Phi) is 8.07. The number of rotatable bonds is 4. The van der Waals surface area contributed by atoms with Gasteiger partial charge in [0.05, 0.1) is 23.9 Å². The van der Waals surface area contributed by atoms with Crippen molar-refractivity contribution in [2.75, 3.05) is 26.2 Å². The molecule has 5 nitrogen and oxygen atoms in total. The summed E-state index contributed by atoms with van der Waals surface area (Å²) in [5, 5.41) is 13.6. The van der Waals surface area contributed by atoms with Crippen LogP contribution in [-0.4, -0.2) is 59.5 Å². The van der Waals surface area contributed by atoms with Gasteiger partial charge in [0, 0.05) is 19.6 Å². The maximum Gasteiger partial charge on any atom is 0.194 e. The molecule has 2 rings (SSSR count). The van der Waals surface area contributed by atoms with Gasteiger partial charge in [-0.05, 0) is 59.8 Å². The van der Waals surface area contributed by atoms with Gasteiger partial charge >= 0.3 is 0 Å². The highest BCUT2D eigenvalue weighted by atomic mass is 127. The quantitative estimate of drug-likeness (QED) is 0.402. The molecule has 0 aromatic heterocycles.